The van der Waals surface area contributed by atoms with Gasteiger partial charge in [-0.15, -0.1) is 0 Å². The van der Waals surface area contributed by atoms with E-state index in [1.165, 1.54) is 0 Å². The van der Waals surface area contributed by atoms with Crippen molar-refractivity contribution in [2.45, 2.75) is 39.7 Å². The Morgan fingerprint density at radius 1 is 1.47 bits per heavy atom. The van der Waals surface area contributed by atoms with Gasteiger partial charge in [0.15, 0.2) is 0 Å². The van der Waals surface area contributed by atoms with Crippen molar-refractivity contribution in [1.29, 1.82) is 0 Å². The maximum absolute atomic E-state index is 12.2. The molecule has 1 aliphatic heterocycles. The molecule has 0 radical (unpaired) electrons. The topological polar surface area (TPSA) is 46.9 Å². The van der Waals surface area contributed by atoms with E-state index in [0.29, 0.717) is 0 Å². The van der Waals surface area contributed by atoms with Gasteiger partial charge >= 0.3 is 0 Å². The van der Waals surface area contributed by atoms with Crippen LogP contribution in [0.15, 0.2) is 4.79 Å². The fourth-order valence-electron chi connectivity index (χ4n) is 2.12. The summed E-state index contributed by atoms with van der Waals surface area (Å²) in [5.74, 6) is 0.970. The van der Waals surface area contributed by atoms with E-state index in [2.05, 4.69) is 10.3 Å². The smallest absolute Gasteiger partial charge is 0.258 e. The summed E-state index contributed by atoms with van der Waals surface area (Å²) in [5.41, 5.74) is 1.83. The second-order valence-electron chi connectivity index (χ2n) is 4.33. The molecule has 0 saturated carbocycles. The minimum atomic E-state index is 0.125. The third-order valence-electron chi connectivity index (χ3n) is 2.81. The standard InChI is InChI=1S/C11H17N3O/c1-7(2)9-8(3)13-11-12-5-4-6-14(11)10(9)15/h7H,4-6H2,1-3H3,(H,12,13). The van der Waals surface area contributed by atoms with Crippen LogP contribution in [0.4, 0.5) is 5.95 Å². The van der Waals surface area contributed by atoms with Gasteiger partial charge in [0.2, 0.25) is 5.95 Å². The summed E-state index contributed by atoms with van der Waals surface area (Å²) in [7, 11) is 0. The first-order valence-electron chi connectivity index (χ1n) is 5.46. The van der Waals surface area contributed by atoms with Gasteiger partial charge in [-0.2, -0.15) is 0 Å². The summed E-state index contributed by atoms with van der Waals surface area (Å²) >= 11 is 0. The lowest BCUT2D eigenvalue weighted by molar-refractivity contribution is 0.582. The van der Waals surface area contributed by atoms with E-state index in [-0.39, 0.29) is 11.5 Å². The van der Waals surface area contributed by atoms with Crippen LogP contribution in [0.5, 0.6) is 0 Å². The zero-order valence-corrected chi connectivity index (χ0v) is 9.50. The van der Waals surface area contributed by atoms with Gasteiger partial charge in [-0.25, -0.2) is 4.98 Å². The van der Waals surface area contributed by atoms with E-state index in [1.54, 1.807) is 4.57 Å². The Morgan fingerprint density at radius 3 is 2.87 bits per heavy atom. The summed E-state index contributed by atoms with van der Waals surface area (Å²) in [6.45, 7) is 7.68. The molecule has 4 heteroatoms. The van der Waals surface area contributed by atoms with Crippen LogP contribution in [0.1, 0.15) is 37.4 Å². The van der Waals surface area contributed by atoms with E-state index >= 15 is 0 Å². The number of fused-ring (bicyclic) bond motifs is 1. The number of hydrogen-bond acceptors (Lipinski definition) is 3. The molecule has 1 aliphatic rings. The molecule has 2 rings (SSSR count). The molecule has 1 aromatic heterocycles. The van der Waals surface area contributed by atoms with E-state index < -0.39 is 0 Å². The van der Waals surface area contributed by atoms with Gasteiger partial charge in [-0.3, -0.25) is 9.36 Å². The Labute approximate surface area is 89.3 Å². The molecular formula is C11H17N3O. The molecule has 0 aliphatic carbocycles. The Hall–Kier alpha value is -1.32. The molecule has 1 aromatic rings. The first-order valence-corrected chi connectivity index (χ1v) is 5.46. The second kappa shape index (κ2) is 3.68. The fraction of sp³-hybridized carbons (Fsp3) is 0.636. The third-order valence-corrected chi connectivity index (χ3v) is 2.81. The second-order valence-corrected chi connectivity index (χ2v) is 4.33. The number of nitrogens with one attached hydrogen (secondary N) is 1. The maximum Gasteiger partial charge on any atom is 0.258 e. The quantitative estimate of drug-likeness (QED) is 0.759. The highest BCUT2D eigenvalue weighted by Gasteiger charge is 2.18. The first kappa shape index (κ1) is 10.2. The molecule has 4 nitrogen and oxygen atoms in total. The van der Waals surface area contributed by atoms with E-state index in [9.17, 15) is 4.79 Å². The maximum atomic E-state index is 12.2. The number of aryl methyl sites for hydroxylation is 1. The summed E-state index contributed by atoms with van der Waals surface area (Å²) in [6.07, 6.45) is 0.995. The van der Waals surface area contributed by atoms with Crippen LogP contribution in [-0.4, -0.2) is 16.1 Å². The Kier molecular flexibility index (Phi) is 2.50. The highest BCUT2D eigenvalue weighted by Crippen LogP contribution is 2.17. The van der Waals surface area contributed by atoms with Gasteiger partial charge in [-0.1, -0.05) is 13.8 Å². The predicted octanol–water partition coefficient (Wildman–Crippen LogP) is 1.49. The molecule has 1 N–H and O–H groups in total. The van der Waals surface area contributed by atoms with Gasteiger partial charge in [-0.05, 0) is 19.3 Å². The van der Waals surface area contributed by atoms with Gasteiger partial charge in [0.25, 0.3) is 5.56 Å². The molecule has 82 valence electrons. The summed E-state index contributed by atoms with van der Waals surface area (Å²) in [4.78, 5) is 16.6. The first-order chi connectivity index (χ1) is 7.11. The Morgan fingerprint density at radius 2 is 2.20 bits per heavy atom. The van der Waals surface area contributed by atoms with Crippen LogP contribution in [-0.2, 0) is 6.54 Å². The predicted molar refractivity (Wildman–Crippen MR) is 60.4 cm³/mol. The molecule has 0 unspecified atom stereocenters. The molecule has 0 aromatic carbocycles. The van der Waals surface area contributed by atoms with Crippen LogP contribution in [0.25, 0.3) is 0 Å². The normalized spacial score (nSPS) is 14.9. The van der Waals surface area contributed by atoms with Crippen molar-refractivity contribution in [2.24, 2.45) is 0 Å². The largest absolute Gasteiger partial charge is 0.355 e. The van der Waals surface area contributed by atoms with Crippen molar-refractivity contribution >= 4 is 5.95 Å². The number of anilines is 1. The van der Waals surface area contributed by atoms with E-state index in [0.717, 1.165) is 36.7 Å². The van der Waals surface area contributed by atoms with Gasteiger partial charge < -0.3 is 5.32 Å². The molecule has 0 atom stereocenters. The molecule has 2 heterocycles. The lowest BCUT2D eigenvalue weighted by atomic mass is 10.0. The van der Waals surface area contributed by atoms with Crippen molar-refractivity contribution in [2.75, 3.05) is 11.9 Å². The summed E-state index contributed by atoms with van der Waals surface area (Å²) in [5, 5.41) is 3.16. The molecule has 15 heavy (non-hydrogen) atoms. The summed E-state index contributed by atoms with van der Waals surface area (Å²) < 4.78 is 1.76. The van der Waals surface area contributed by atoms with Crippen molar-refractivity contribution in [3.63, 3.8) is 0 Å². The van der Waals surface area contributed by atoms with E-state index in [1.807, 2.05) is 20.8 Å². The van der Waals surface area contributed by atoms with Gasteiger partial charge in [0, 0.05) is 18.7 Å². The SMILES string of the molecule is Cc1nc2n(c(=O)c1C(C)C)CCCN2. The minimum Gasteiger partial charge on any atom is -0.355 e. The zero-order valence-electron chi connectivity index (χ0n) is 9.50. The number of nitrogens with zero attached hydrogens (tertiary/aromatic N) is 2. The minimum absolute atomic E-state index is 0.125. The Bertz CT molecular complexity index is 434. The van der Waals surface area contributed by atoms with Crippen LogP contribution in [0.2, 0.25) is 0 Å². The number of rotatable bonds is 1. The molecule has 0 bridgehead atoms. The molecule has 0 spiro atoms. The number of aromatic nitrogens is 2. The highest BCUT2D eigenvalue weighted by atomic mass is 16.1. The molecule has 0 fully saturated rings. The highest BCUT2D eigenvalue weighted by molar-refractivity contribution is 5.33. The lowest BCUT2D eigenvalue weighted by Crippen LogP contribution is -2.33. The fourth-order valence-corrected chi connectivity index (χ4v) is 2.12. The lowest BCUT2D eigenvalue weighted by Gasteiger charge is -2.21. The van der Waals surface area contributed by atoms with Crippen molar-refractivity contribution in [1.82, 2.24) is 9.55 Å². The monoisotopic (exact) mass is 207 g/mol. The van der Waals surface area contributed by atoms with Crippen LogP contribution in [0.3, 0.4) is 0 Å². The average molecular weight is 207 g/mol. The average Bonchev–Trinajstić information content (AvgIpc) is 2.17. The van der Waals surface area contributed by atoms with Crippen molar-refractivity contribution in [3.05, 3.63) is 21.6 Å². The number of hydrogen-bond donors (Lipinski definition) is 1. The van der Waals surface area contributed by atoms with Gasteiger partial charge in [0.1, 0.15) is 0 Å². The van der Waals surface area contributed by atoms with Gasteiger partial charge in [0.05, 0.1) is 5.69 Å². The zero-order chi connectivity index (χ0) is 11.0. The van der Waals surface area contributed by atoms with Crippen molar-refractivity contribution in [3.8, 4) is 0 Å². The van der Waals surface area contributed by atoms with Crippen LogP contribution in [0, 0.1) is 6.92 Å². The third kappa shape index (κ3) is 1.64. The molecule has 0 saturated heterocycles. The van der Waals surface area contributed by atoms with Crippen molar-refractivity contribution < 1.29 is 0 Å². The van der Waals surface area contributed by atoms with Crippen LogP contribution < -0.4 is 10.9 Å². The molecule has 0 amide bonds. The summed E-state index contributed by atoms with van der Waals surface area (Å²) in [6, 6.07) is 0. The Balaban J connectivity index is 2.65. The molecular weight excluding hydrogens is 190 g/mol. The van der Waals surface area contributed by atoms with Crippen LogP contribution >= 0.6 is 0 Å². The van der Waals surface area contributed by atoms with E-state index in [4.69, 9.17) is 0 Å².